The molecule has 0 amide bonds. The van der Waals surface area contributed by atoms with E-state index in [2.05, 4.69) is 10.0 Å². The molecule has 0 atom stereocenters. The summed E-state index contributed by atoms with van der Waals surface area (Å²) in [4.78, 5) is -0.328. The van der Waals surface area contributed by atoms with Gasteiger partial charge in [0, 0.05) is 19.1 Å². The maximum atomic E-state index is 12.2. The molecule has 1 aromatic rings. The normalized spacial score (nSPS) is 16.8. The summed E-state index contributed by atoms with van der Waals surface area (Å²) in [6.45, 7) is 0.789. The maximum Gasteiger partial charge on any atom is 0.240 e. The number of hydrogen-bond donors (Lipinski definition) is 3. The molecule has 1 aliphatic rings. The van der Waals surface area contributed by atoms with Crippen LogP contribution in [0.25, 0.3) is 0 Å². The van der Waals surface area contributed by atoms with E-state index >= 15 is 0 Å². The van der Waals surface area contributed by atoms with Gasteiger partial charge in [0.1, 0.15) is 0 Å². The molecule has 0 bridgehead atoms. The van der Waals surface area contributed by atoms with E-state index in [1.165, 1.54) is 43.9 Å². The Labute approximate surface area is 156 Å². The van der Waals surface area contributed by atoms with E-state index in [-0.39, 0.29) is 28.7 Å². The lowest BCUT2D eigenvalue weighted by atomic mass is 10.1. The molecular formula is C15H26ClN3O4S2. The minimum absolute atomic E-state index is 0. The first-order valence-corrected chi connectivity index (χ1v) is 11.2. The summed E-state index contributed by atoms with van der Waals surface area (Å²) in [7, 11) is -7.70. The number of rotatable bonds is 7. The molecule has 0 aromatic heterocycles. The van der Waals surface area contributed by atoms with Gasteiger partial charge in [0.2, 0.25) is 20.0 Å². The Kier molecular flexibility index (Phi) is 8.79. The average molecular weight is 412 g/mol. The number of halogens is 1. The van der Waals surface area contributed by atoms with Gasteiger partial charge in [0.05, 0.1) is 9.79 Å². The third kappa shape index (κ3) is 7.20. The summed E-state index contributed by atoms with van der Waals surface area (Å²) in [6, 6.07) is 5.48. The number of nitrogens with one attached hydrogen (secondary N) is 2. The van der Waals surface area contributed by atoms with Gasteiger partial charge in [-0.25, -0.2) is 26.7 Å². The quantitative estimate of drug-likeness (QED) is 0.462. The molecule has 4 N–H and O–H groups in total. The molecule has 0 spiro atoms. The fraction of sp³-hybridized carbons (Fsp3) is 0.600. The van der Waals surface area contributed by atoms with Crippen LogP contribution in [0.2, 0.25) is 0 Å². The SMILES string of the molecule is Cl.NS(=O)(=O)c1cccc(S(=O)(=O)NCCNC2CCCCCC2)c1. The van der Waals surface area contributed by atoms with Crippen molar-refractivity contribution in [2.45, 2.75) is 54.4 Å². The average Bonchev–Trinajstić information content (AvgIpc) is 2.80. The Morgan fingerprint density at radius 2 is 1.56 bits per heavy atom. The van der Waals surface area contributed by atoms with Crippen molar-refractivity contribution in [3.8, 4) is 0 Å². The van der Waals surface area contributed by atoms with Crippen LogP contribution in [-0.4, -0.2) is 36.0 Å². The van der Waals surface area contributed by atoms with E-state index in [1.54, 1.807) is 0 Å². The predicted octanol–water partition coefficient (Wildman–Crippen LogP) is 1.35. The van der Waals surface area contributed by atoms with Crippen LogP contribution in [0.4, 0.5) is 0 Å². The molecule has 7 nitrogen and oxygen atoms in total. The van der Waals surface area contributed by atoms with Crippen molar-refractivity contribution < 1.29 is 16.8 Å². The Morgan fingerprint density at radius 1 is 0.960 bits per heavy atom. The van der Waals surface area contributed by atoms with Gasteiger partial charge in [-0.2, -0.15) is 0 Å². The van der Waals surface area contributed by atoms with Crippen LogP contribution in [0.5, 0.6) is 0 Å². The van der Waals surface area contributed by atoms with E-state index < -0.39 is 20.0 Å². The fourth-order valence-corrected chi connectivity index (χ4v) is 4.56. The Balaban J connectivity index is 0.00000312. The Morgan fingerprint density at radius 3 is 2.16 bits per heavy atom. The molecule has 25 heavy (non-hydrogen) atoms. The summed E-state index contributed by atoms with van der Waals surface area (Å²) in [5, 5.41) is 8.41. The van der Waals surface area contributed by atoms with Gasteiger partial charge in [0.25, 0.3) is 0 Å². The summed E-state index contributed by atoms with van der Waals surface area (Å²) in [5.74, 6) is 0. The zero-order valence-electron chi connectivity index (χ0n) is 14.0. The van der Waals surface area contributed by atoms with Crippen molar-refractivity contribution in [2.24, 2.45) is 5.14 Å². The lowest BCUT2D eigenvalue weighted by molar-refractivity contribution is 0.461. The highest BCUT2D eigenvalue weighted by atomic mass is 35.5. The van der Waals surface area contributed by atoms with Crippen LogP contribution in [0.15, 0.2) is 34.1 Å². The molecule has 144 valence electrons. The van der Waals surface area contributed by atoms with Crippen molar-refractivity contribution in [1.29, 1.82) is 0 Å². The van der Waals surface area contributed by atoms with Gasteiger partial charge >= 0.3 is 0 Å². The van der Waals surface area contributed by atoms with Gasteiger partial charge in [-0.1, -0.05) is 31.7 Å². The summed E-state index contributed by atoms with van der Waals surface area (Å²) >= 11 is 0. The van der Waals surface area contributed by atoms with Gasteiger partial charge in [-0.05, 0) is 31.0 Å². The van der Waals surface area contributed by atoms with E-state index in [0.29, 0.717) is 12.6 Å². The van der Waals surface area contributed by atoms with Gasteiger partial charge in [-0.15, -0.1) is 12.4 Å². The van der Waals surface area contributed by atoms with E-state index in [1.807, 2.05) is 0 Å². The van der Waals surface area contributed by atoms with Crippen molar-refractivity contribution >= 4 is 32.5 Å². The fourth-order valence-electron chi connectivity index (χ4n) is 2.85. The van der Waals surface area contributed by atoms with Crippen LogP contribution < -0.4 is 15.2 Å². The standard InChI is InChI=1S/C15H25N3O4S2.ClH/c16-23(19,20)14-8-5-9-15(12-14)24(21,22)18-11-10-17-13-6-3-1-2-4-7-13;/h5,8-9,12-13,17-18H,1-4,6-7,10-11H2,(H2,16,19,20);1H. The predicted molar refractivity (Wildman–Crippen MR) is 99.7 cm³/mol. The number of sulfonamides is 2. The van der Waals surface area contributed by atoms with Crippen molar-refractivity contribution in [3.63, 3.8) is 0 Å². The molecule has 1 fully saturated rings. The highest BCUT2D eigenvalue weighted by molar-refractivity contribution is 7.90. The summed E-state index contributed by atoms with van der Waals surface area (Å²) in [6.07, 6.45) is 7.22. The van der Waals surface area contributed by atoms with E-state index in [0.717, 1.165) is 18.9 Å². The first-order chi connectivity index (χ1) is 11.3. The van der Waals surface area contributed by atoms with Gasteiger partial charge in [-0.3, -0.25) is 0 Å². The van der Waals surface area contributed by atoms with Gasteiger partial charge < -0.3 is 5.32 Å². The zero-order valence-corrected chi connectivity index (χ0v) is 16.4. The van der Waals surface area contributed by atoms with Gasteiger partial charge in [0.15, 0.2) is 0 Å². The Hall–Kier alpha value is -0.710. The highest BCUT2D eigenvalue weighted by Gasteiger charge is 2.17. The molecule has 10 heteroatoms. The second kappa shape index (κ2) is 9.84. The molecule has 1 aliphatic carbocycles. The van der Waals surface area contributed by atoms with Crippen LogP contribution >= 0.6 is 12.4 Å². The molecule has 1 saturated carbocycles. The van der Waals surface area contributed by atoms with E-state index in [9.17, 15) is 16.8 Å². The van der Waals surface area contributed by atoms with E-state index in [4.69, 9.17) is 5.14 Å². The molecule has 0 aliphatic heterocycles. The Bertz CT molecular complexity index is 746. The first kappa shape index (κ1) is 22.3. The van der Waals surface area contributed by atoms with Crippen molar-refractivity contribution in [2.75, 3.05) is 13.1 Å². The number of nitrogens with two attached hydrogens (primary N) is 1. The highest BCUT2D eigenvalue weighted by Crippen LogP contribution is 2.17. The number of benzene rings is 1. The summed E-state index contributed by atoms with van der Waals surface area (Å²) < 4.78 is 49.6. The first-order valence-electron chi connectivity index (χ1n) is 8.15. The number of primary sulfonamides is 1. The molecule has 0 heterocycles. The maximum absolute atomic E-state index is 12.2. The van der Waals surface area contributed by atoms with Crippen LogP contribution in [-0.2, 0) is 20.0 Å². The van der Waals surface area contributed by atoms with Crippen molar-refractivity contribution in [1.82, 2.24) is 10.0 Å². The number of hydrogen-bond acceptors (Lipinski definition) is 5. The zero-order chi connectivity index (χ0) is 17.6. The monoisotopic (exact) mass is 411 g/mol. The topological polar surface area (TPSA) is 118 Å². The summed E-state index contributed by atoms with van der Waals surface area (Å²) in [5.41, 5.74) is 0. The third-order valence-electron chi connectivity index (χ3n) is 4.15. The lowest BCUT2D eigenvalue weighted by Gasteiger charge is -2.16. The molecule has 1 aromatic carbocycles. The van der Waals surface area contributed by atoms with Crippen molar-refractivity contribution in [3.05, 3.63) is 24.3 Å². The molecular weight excluding hydrogens is 386 g/mol. The minimum Gasteiger partial charge on any atom is -0.313 e. The molecule has 0 saturated heterocycles. The smallest absolute Gasteiger partial charge is 0.240 e. The van der Waals surface area contributed by atoms with Crippen LogP contribution in [0.1, 0.15) is 38.5 Å². The molecule has 0 unspecified atom stereocenters. The minimum atomic E-state index is -3.93. The molecule has 0 radical (unpaired) electrons. The lowest BCUT2D eigenvalue weighted by Crippen LogP contribution is -2.36. The second-order valence-corrected chi connectivity index (χ2v) is 9.39. The molecule has 2 rings (SSSR count). The second-order valence-electron chi connectivity index (χ2n) is 6.06. The third-order valence-corrected chi connectivity index (χ3v) is 6.52. The largest absolute Gasteiger partial charge is 0.313 e. The van der Waals surface area contributed by atoms with Crippen LogP contribution in [0, 0.1) is 0 Å². The van der Waals surface area contributed by atoms with Crippen LogP contribution in [0.3, 0.4) is 0 Å².